The minimum atomic E-state index is -2.60. The molecule has 1 amide bonds. The first-order valence-corrected chi connectivity index (χ1v) is 17.0. The third-order valence-electron chi connectivity index (χ3n) is 8.39. The Morgan fingerprint density at radius 1 is 1.12 bits per heavy atom. The van der Waals surface area contributed by atoms with E-state index in [2.05, 4.69) is 53.5 Å². The number of nitrogens with one attached hydrogen (secondary N) is 1. The van der Waals surface area contributed by atoms with Crippen molar-refractivity contribution in [2.24, 2.45) is 0 Å². The molecule has 1 unspecified atom stereocenters. The van der Waals surface area contributed by atoms with Gasteiger partial charge in [0.2, 0.25) is 14.2 Å². The fourth-order valence-corrected chi connectivity index (χ4v) is 12.0. The molecule has 12 heteroatoms. The molecule has 1 aromatic rings. The van der Waals surface area contributed by atoms with Crippen molar-refractivity contribution in [3.8, 4) is 0 Å². The third-order valence-corrected chi connectivity index (χ3v) is 14.5. The molecule has 2 saturated heterocycles. The van der Waals surface area contributed by atoms with Gasteiger partial charge in [0.1, 0.15) is 12.2 Å². The molecule has 3 heterocycles. The summed E-state index contributed by atoms with van der Waals surface area (Å²) in [5.41, 5.74) is 0.118. The first-order chi connectivity index (χ1) is 19.4. The molecular weight excluding hydrogens is 546 g/mol. The van der Waals surface area contributed by atoms with Gasteiger partial charge in [0.05, 0.1) is 13.0 Å². The molecule has 3 rings (SSSR count). The maximum absolute atomic E-state index is 13.2. The average molecular weight is 594 g/mol. The minimum Gasteiger partial charge on any atom is -0.456 e. The second-order valence-electron chi connectivity index (χ2n) is 11.9. The molecule has 230 valence electrons. The lowest BCUT2D eigenvalue weighted by Crippen LogP contribution is -2.54. The molecule has 0 aromatic carbocycles. The van der Waals surface area contributed by atoms with E-state index in [1.165, 1.54) is 16.8 Å². The largest absolute Gasteiger partial charge is 0.456 e. The highest BCUT2D eigenvalue weighted by molar-refractivity contribution is 6.77. The number of hydrogen-bond donors (Lipinski definition) is 2. The zero-order valence-corrected chi connectivity index (χ0v) is 26.4. The van der Waals surface area contributed by atoms with Crippen molar-refractivity contribution in [3.63, 3.8) is 0 Å². The van der Waals surface area contributed by atoms with Gasteiger partial charge in [0.15, 0.2) is 12.3 Å². The standard InChI is InChI=1S/C29H47N3O8Si/c1-8-9-15-31-21(10-12-24(31)35)11-13-25(36)39-26-22(17-33)38-28(32-16-14-23(34)30-29(32)37)27(26)40-41(18(2)3,19(4)5)20(6)7/h11,14,16,18-20,22,26-28,33H,8-10,12-13,15,17H2,1-7H3,(H,30,34,37)/t22-,26+,27?,28-/m1/s1. The number of rotatable bonds is 13. The molecule has 0 bridgehead atoms. The summed E-state index contributed by atoms with van der Waals surface area (Å²) in [4.78, 5) is 54.1. The number of aromatic nitrogens is 2. The van der Waals surface area contributed by atoms with E-state index in [-0.39, 0.29) is 29.0 Å². The van der Waals surface area contributed by atoms with E-state index in [9.17, 15) is 24.3 Å². The first-order valence-electron chi connectivity index (χ1n) is 14.8. The van der Waals surface area contributed by atoms with Crippen molar-refractivity contribution in [2.75, 3.05) is 13.2 Å². The van der Waals surface area contributed by atoms with Crippen LogP contribution in [0.4, 0.5) is 0 Å². The van der Waals surface area contributed by atoms with Crippen LogP contribution in [0.1, 0.15) is 86.8 Å². The number of ether oxygens (including phenoxy) is 2. The molecule has 41 heavy (non-hydrogen) atoms. The highest BCUT2D eigenvalue weighted by Crippen LogP contribution is 2.46. The van der Waals surface area contributed by atoms with Crippen LogP contribution >= 0.6 is 0 Å². The minimum absolute atomic E-state index is 0.0580. The lowest BCUT2D eigenvalue weighted by Gasteiger charge is -2.45. The molecule has 4 atom stereocenters. The number of amides is 1. The van der Waals surface area contributed by atoms with Crippen LogP contribution in [0.5, 0.6) is 0 Å². The number of esters is 1. The van der Waals surface area contributed by atoms with Crippen LogP contribution < -0.4 is 11.2 Å². The van der Waals surface area contributed by atoms with Crippen molar-refractivity contribution >= 4 is 20.2 Å². The van der Waals surface area contributed by atoms with E-state index in [4.69, 9.17) is 13.9 Å². The molecular formula is C29H47N3O8Si. The predicted molar refractivity (Wildman–Crippen MR) is 157 cm³/mol. The van der Waals surface area contributed by atoms with Gasteiger partial charge in [-0.05, 0) is 29.5 Å². The predicted octanol–water partition coefficient (Wildman–Crippen LogP) is 3.60. The normalized spacial score (nSPS) is 24.4. The fraction of sp³-hybridized carbons (Fsp3) is 0.724. The Labute approximate surface area is 243 Å². The van der Waals surface area contributed by atoms with Crippen LogP contribution in [0.3, 0.4) is 0 Å². The van der Waals surface area contributed by atoms with Gasteiger partial charge in [-0.15, -0.1) is 0 Å². The monoisotopic (exact) mass is 593 g/mol. The van der Waals surface area contributed by atoms with Crippen LogP contribution in [0.2, 0.25) is 16.6 Å². The Bertz CT molecular complexity index is 1190. The molecule has 2 N–H and O–H groups in total. The van der Waals surface area contributed by atoms with Gasteiger partial charge in [-0.3, -0.25) is 23.9 Å². The van der Waals surface area contributed by atoms with Crippen molar-refractivity contribution in [1.82, 2.24) is 14.5 Å². The summed E-state index contributed by atoms with van der Waals surface area (Å²) >= 11 is 0. The average Bonchev–Trinajstić information content (AvgIpc) is 3.42. The number of carbonyl (C=O) groups is 2. The van der Waals surface area contributed by atoms with E-state index in [0.29, 0.717) is 19.4 Å². The number of aliphatic hydroxyl groups excluding tert-OH is 1. The number of H-pyrrole nitrogens is 1. The van der Waals surface area contributed by atoms with E-state index < -0.39 is 56.7 Å². The number of nitrogens with zero attached hydrogens (tertiary/aromatic N) is 2. The topological polar surface area (TPSA) is 140 Å². The molecule has 2 aliphatic heterocycles. The van der Waals surface area contributed by atoms with Gasteiger partial charge in [0, 0.05) is 30.9 Å². The molecule has 2 fully saturated rings. The van der Waals surface area contributed by atoms with Gasteiger partial charge in [-0.2, -0.15) is 0 Å². The van der Waals surface area contributed by atoms with E-state index >= 15 is 0 Å². The molecule has 0 aliphatic carbocycles. The Morgan fingerprint density at radius 2 is 1.78 bits per heavy atom. The molecule has 11 nitrogen and oxygen atoms in total. The summed E-state index contributed by atoms with van der Waals surface area (Å²) in [6, 6.07) is 1.21. The number of allylic oxidation sites excluding steroid dienone is 1. The van der Waals surface area contributed by atoms with E-state index in [1.54, 1.807) is 11.0 Å². The Hall–Kier alpha value is -2.54. The fourth-order valence-electron chi connectivity index (χ4n) is 6.48. The van der Waals surface area contributed by atoms with Gasteiger partial charge < -0.3 is 23.9 Å². The number of unbranched alkanes of at least 4 members (excludes halogenated alkanes) is 1. The summed E-state index contributed by atoms with van der Waals surface area (Å²) in [7, 11) is -2.60. The lowest BCUT2D eigenvalue weighted by molar-refractivity contribution is -0.155. The maximum atomic E-state index is 13.2. The highest BCUT2D eigenvalue weighted by Gasteiger charge is 2.55. The van der Waals surface area contributed by atoms with Gasteiger partial charge in [0.25, 0.3) is 5.56 Å². The Balaban J connectivity index is 1.96. The summed E-state index contributed by atoms with van der Waals surface area (Å²) in [6.07, 6.45) is 1.96. The van der Waals surface area contributed by atoms with Crippen LogP contribution in [0.15, 0.2) is 33.6 Å². The van der Waals surface area contributed by atoms with Crippen LogP contribution in [0, 0.1) is 0 Å². The summed E-state index contributed by atoms with van der Waals surface area (Å²) in [5, 5.41) is 10.3. The number of carbonyl (C=O) groups excluding carboxylic acids is 2. The van der Waals surface area contributed by atoms with Gasteiger partial charge in [-0.25, -0.2) is 4.79 Å². The number of aliphatic hydroxyl groups is 1. The van der Waals surface area contributed by atoms with Gasteiger partial charge in [-0.1, -0.05) is 61.0 Å². The quantitative estimate of drug-likeness (QED) is 0.261. The second kappa shape index (κ2) is 14.1. The smallest absolute Gasteiger partial charge is 0.330 e. The lowest BCUT2D eigenvalue weighted by atomic mass is 10.1. The van der Waals surface area contributed by atoms with Crippen molar-refractivity contribution in [2.45, 2.75) is 122 Å². The van der Waals surface area contributed by atoms with Crippen molar-refractivity contribution in [3.05, 3.63) is 44.9 Å². The Kier molecular flexibility index (Phi) is 11.3. The molecule has 0 spiro atoms. The van der Waals surface area contributed by atoms with Gasteiger partial charge >= 0.3 is 11.7 Å². The maximum Gasteiger partial charge on any atom is 0.330 e. The van der Waals surface area contributed by atoms with Crippen molar-refractivity contribution < 1.29 is 28.6 Å². The number of hydrogen-bond acceptors (Lipinski definition) is 8. The third kappa shape index (κ3) is 7.10. The zero-order chi connectivity index (χ0) is 30.5. The molecule has 0 radical (unpaired) electrons. The SMILES string of the molecule is CCCCN1C(=O)CCC1=CCC(=O)O[C@@H]1C(O[Si](C(C)C)(C(C)C)C(C)C)[C@H](n2ccc(=O)[nH]c2=O)O[C@@H]1CO. The molecule has 0 saturated carbocycles. The van der Waals surface area contributed by atoms with Crippen LogP contribution in [-0.4, -0.2) is 71.2 Å². The first kappa shape index (κ1) is 33.0. The van der Waals surface area contributed by atoms with E-state index in [0.717, 1.165) is 18.5 Å². The summed E-state index contributed by atoms with van der Waals surface area (Å²) in [6.45, 7) is 14.9. The second-order valence-corrected chi connectivity index (χ2v) is 17.3. The number of aromatic amines is 1. The molecule has 2 aliphatic rings. The van der Waals surface area contributed by atoms with Crippen LogP contribution in [0.25, 0.3) is 0 Å². The zero-order valence-electron chi connectivity index (χ0n) is 25.4. The number of likely N-dealkylation sites (tertiary alicyclic amines) is 1. The summed E-state index contributed by atoms with van der Waals surface area (Å²) < 4.78 is 20.4. The summed E-state index contributed by atoms with van der Waals surface area (Å²) in [5.74, 6) is -0.490. The highest BCUT2D eigenvalue weighted by atomic mass is 28.4. The van der Waals surface area contributed by atoms with Crippen molar-refractivity contribution in [1.29, 1.82) is 0 Å². The Morgan fingerprint density at radius 3 is 2.34 bits per heavy atom. The molecule has 1 aromatic heterocycles. The van der Waals surface area contributed by atoms with E-state index in [1.807, 2.05) is 0 Å². The van der Waals surface area contributed by atoms with Crippen LogP contribution in [-0.2, 0) is 23.5 Å².